The molecule has 0 saturated carbocycles. The molecule has 1 aromatic carbocycles. The summed E-state index contributed by atoms with van der Waals surface area (Å²) >= 11 is 0. The Hall–Kier alpha value is -0.900. The van der Waals surface area contributed by atoms with Crippen LogP contribution >= 0.6 is 0 Å². The second-order valence-corrected chi connectivity index (χ2v) is 6.05. The van der Waals surface area contributed by atoms with E-state index in [4.69, 9.17) is 4.74 Å². The minimum absolute atomic E-state index is 0.327. The number of benzene rings is 1. The number of nitrogens with zero attached hydrogens (tertiary/aromatic N) is 1. The smallest absolute Gasteiger partial charge is 0.216 e. The number of aryl methyl sites for hydroxylation is 1. The zero-order chi connectivity index (χ0) is 13.3. The van der Waals surface area contributed by atoms with Crippen molar-refractivity contribution in [3.8, 4) is 0 Å². The van der Waals surface area contributed by atoms with Gasteiger partial charge in [0.2, 0.25) is 6.41 Å². The van der Waals surface area contributed by atoms with Gasteiger partial charge in [-0.25, -0.2) is 0 Å². The zero-order valence-electron chi connectivity index (χ0n) is 11.7. The van der Waals surface area contributed by atoms with Gasteiger partial charge in [0.25, 0.3) is 0 Å². The first-order valence-electron chi connectivity index (χ1n) is 6.53. The highest BCUT2D eigenvalue weighted by Crippen LogP contribution is 2.23. The zero-order valence-corrected chi connectivity index (χ0v) is 11.7. The lowest BCUT2D eigenvalue weighted by Gasteiger charge is -2.35. The van der Waals surface area contributed by atoms with E-state index in [2.05, 4.69) is 25.1 Å². The highest BCUT2D eigenvalue weighted by atomic mass is 16.6. The normalized spacial score (nSPS) is 18.5. The van der Waals surface area contributed by atoms with Crippen LogP contribution in [0.5, 0.6) is 0 Å². The second kappa shape index (κ2) is 5.00. The van der Waals surface area contributed by atoms with E-state index in [0.29, 0.717) is 0 Å². The van der Waals surface area contributed by atoms with Crippen LogP contribution in [0.2, 0.25) is 0 Å². The van der Waals surface area contributed by atoms with E-state index in [0.717, 1.165) is 19.5 Å². The Morgan fingerprint density at radius 2 is 2.00 bits per heavy atom. The van der Waals surface area contributed by atoms with Crippen molar-refractivity contribution < 1.29 is 9.84 Å². The monoisotopic (exact) mass is 249 g/mol. The Bertz CT molecular complexity index is 423. The molecule has 1 atom stereocenters. The fraction of sp³-hybridized carbons (Fsp3) is 0.600. The molecule has 0 bridgehead atoms. The summed E-state index contributed by atoms with van der Waals surface area (Å²) in [6.07, 6.45) is 0.152. The molecule has 0 fully saturated rings. The summed E-state index contributed by atoms with van der Waals surface area (Å²) < 4.78 is 5.60. The molecule has 3 nitrogen and oxygen atoms in total. The molecule has 1 aromatic rings. The average Bonchev–Trinajstić information content (AvgIpc) is 2.25. The lowest BCUT2D eigenvalue weighted by Crippen LogP contribution is -2.44. The van der Waals surface area contributed by atoms with E-state index >= 15 is 0 Å². The first kappa shape index (κ1) is 13.5. The first-order valence-corrected chi connectivity index (χ1v) is 6.53. The van der Waals surface area contributed by atoms with Gasteiger partial charge in [-0.3, -0.25) is 4.90 Å². The Balaban J connectivity index is 2.07. The maximum Gasteiger partial charge on any atom is 0.216 e. The molecule has 2 rings (SSSR count). The van der Waals surface area contributed by atoms with Crippen molar-refractivity contribution in [1.82, 2.24) is 4.90 Å². The Labute approximate surface area is 109 Å². The van der Waals surface area contributed by atoms with Crippen LogP contribution in [-0.2, 0) is 17.7 Å². The largest absolute Gasteiger partial charge is 0.356 e. The van der Waals surface area contributed by atoms with Gasteiger partial charge in [-0.1, -0.05) is 23.8 Å². The number of rotatable bonds is 2. The molecule has 1 unspecified atom stereocenters. The molecule has 0 aromatic heterocycles. The van der Waals surface area contributed by atoms with E-state index in [1.54, 1.807) is 0 Å². The molecule has 1 N–H and O–H groups in total. The summed E-state index contributed by atoms with van der Waals surface area (Å²) in [7, 11) is 0. The lowest BCUT2D eigenvalue weighted by molar-refractivity contribution is -0.242. The minimum atomic E-state index is -0.821. The van der Waals surface area contributed by atoms with E-state index < -0.39 is 6.41 Å². The summed E-state index contributed by atoms with van der Waals surface area (Å²) in [4.78, 5) is 1.98. The maximum atomic E-state index is 10.1. The van der Waals surface area contributed by atoms with E-state index in [9.17, 15) is 5.11 Å². The molecular formula is C15H23NO2. The van der Waals surface area contributed by atoms with Crippen molar-refractivity contribution in [2.24, 2.45) is 0 Å². The fourth-order valence-corrected chi connectivity index (χ4v) is 2.29. The quantitative estimate of drug-likeness (QED) is 0.817. The number of fused-ring (bicyclic) bond motifs is 1. The molecule has 1 aliphatic heterocycles. The van der Waals surface area contributed by atoms with Crippen LogP contribution in [0.25, 0.3) is 0 Å². The highest BCUT2D eigenvalue weighted by molar-refractivity contribution is 5.33. The topological polar surface area (TPSA) is 32.7 Å². The predicted octanol–water partition coefficient (Wildman–Crippen LogP) is 2.44. The van der Waals surface area contributed by atoms with E-state index in [1.165, 1.54) is 16.7 Å². The molecule has 0 spiro atoms. The van der Waals surface area contributed by atoms with Gasteiger partial charge in [0.15, 0.2) is 0 Å². The van der Waals surface area contributed by atoms with Crippen LogP contribution in [0.15, 0.2) is 18.2 Å². The first-order chi connectivity index (χ1) is 8.35. The third-order valence-electron chi connectivity index (χ3n) is 3.17. The summed E-state index contributed by atoms with van der Waals surface area (Å²) in [6, 6.07) is 6.54. The van der Waals surface area contributed by atoms with Crippen LogP contribution in [0, 0.1) is 6.92 Å². The molecule has 0 aliphatic carbocycles. The Morgan fingerprint density at radius 3 is 2.67 bits per heavy atom. The molecule has 3 heteroatoms. The van der Waals surface area contributed by atoms with Crippen molar-refractivity contribution in [1.29, 1.82) is 0 Å². The van der Waals surface area contributed by atoms with Gasteiger partial charge in [-0.2, -0.15) is 0 Å². The molecule has 0 saturated heterocycles. The van der Waals surface area contributed by atoms with Gasteiger partial charge in [0.05, 0.1) is 5.60 Å². The van der Waals surface area contributed by atoms with Gasteiger partial charge in [-0.15, -0.1) is 0 Å². The molecular weight excluding hydrogens is 226 g/mol. The number of ether oxygens (including phenoxy) is 1. The Kier molecular flexibility index (Phi) is 3.76. The maximum absolute atomic E-state index is 10.1. The standard InChI is InChI=1S/C15H23NO2/c1-11-5-6-12-7-8-16(10-13(12)9-11)14(17)18-15(2,3)4/h5-6,9,14,17H,7-8,10H2,1-4H3. The average molecular weight is 249 g/mol. The van der Waals surface area contributed by atoms with Crippen LogP contribution in [0.3, 0.4) is 0 Å². The van der Waals surface area contributed by atoms with Gasteiger partial charge in [0.1, 0.15) is 0 Å². The van der Waals surface area contributed by atoms with Crippen LogP contribution in [0.4, 0.5) is 0 Å². The number of aliphatic hydroxyl groups excluding tert-OH is 1. The van der Waals surface area contributed by atoms with E-state index in [1.807, 2.05) is 25.7 Å². The third kappa shape index (κ3) is 3.31. The molecule has 0 amide bonds. The summed E-state index contributed by atoms with van der Waals surface area (Å²) in [5, 5.41) is 10.1. The van der Waals surface area contributed by atoms with Gasteiger partial charge in [0, 0.05) is 13.1 Å². The van der Waals surface area contributed by atoms with Crippen molar-refractivity contribution in [3.63, 3.8) is 0 Å². The van der Waals surface area contributed by atoms with E-state index in [-0.39, 0.29) is 5.60 Å². The molecule has 18 heavy (non-hydrogen) atoms. The predicted molar refractivity (Wildman–Crippen MR) is 72.1 cm³/mol. The van der Waals surface area contributed by atoms with Crippen molar-refractivity contribution in [3.05, 3.63) is 34.9 Å². The van der Waals surface area contributed by atoms with Crippen LogP contribution in [-0.4, -0.2) is 28.6 Å². The molecule has 1 aliphatic rings. The fourth-order valence-electron chi connectivity index (χ4n) is 2.29. The van der Waals surface area contributed by atoms with Crippen molar-refractivity contribution in [2.45, 2.75) is 52.7 Å². The summed E-state index contributed by atoms with van der Waals surface area (Å²) in [6.45, 7) is 9.57. The van der Waals surface area contributed by atoms with Gasteiger partial charge < -0.3 is 9.84 Å². The second-order valence-electron chi connectivity index (χ2n) is 6.05. The lowest BCUT2D eigenvalue weighted by atomic mass is 9.98. The molecule has 1 heterocycles. The van der Waals surface area contributed by atoms with Crippen LogP contribution in [0.1, 0.15) is 37.5 Å². The number of aliphatic hydroxyl groups is 1. The molecule has 100 valence electrons. The van der Waals surface area contributed by atoms with Gasteiger partial charge >= 0.3 is 0 Å². The SMILES string of the molecule is Cc1ccc2c(c1)CN(C(O)OC(C)(C)C)CC2. The van der Waals surface area contributed by atoms with Crippen molar-refractivity contribution >= 4 is 0 Å². The Morgan fingerprint density at radius 1 is 1.28 bits per heavy atom. The van der Waals surface area contributed by atoms with Crippen LogP contribution < -0.4 is 0 Å². The third-order valence-corrected chi connectivity index (χ3v) is 3.17. The number of hydrogen-bond donors (Lipinski definition) is 1. The minimum Gasteiger partial charge on any atom is -0.356 e. The van der Waals surface area contributed by atoms with Crippen molar-refractivity contribution in [2.75, 3.05) is 6.54 Å². The summed E-state index contributed by atoms with van der Waals surface area (Å²) in [5.41, 5.74) is 3.63. The molecule has 0 radical (unpaired) electrons. The number of hydrogen-bond acceptors (Lipinski definition) is 3. The highest BCUT2D eigenvalue weighted by Gasteiger charge is 2.26. The summed E-state index contributed by atoms with van der Waals surface area (Å²) in [5.74, 6) is 0. The van der Waals surface area contributed by atoms with Gasteiger partial charge in [-0.05, 0) is 45.2 Å².